The van der Waals surface area contributed by atoms with Gasteiger partial charge in [-0.3, -0.25) is 9.36 Å². The number of nitrogens with one attached hydrogen (secondary N) is 1. The van der Waals surface area contributed by atoms with Crippen molar-refractivity contribution in [2.24, 2.45) is 28.6 Å². The largest absolute Gasteiger partial charge is 0.348 e. The number of hydrogen-bond acceptors (Lipinski definition) is 2. The van der Waals surface area contributed by atoms with E-state index in [1.54, 1.807) is 0 Å². The monoisotopic (exact) mass is 405 g/mol. The fourth-order valence-corrected chi connectivity index (χ4v) is 7.39. The first kappa shape index (κ1) is 20.4. The lowest BCUT2D eigenvalue weighted by Gasteiger charge is -2.51. The van der Waals surface area contributed by atoms with Crippen LogP contribution in [0.3, 0.4) is 0 Å². The minimum absolute atomic E-state index is 0.0462. The Morgan fingerprint density at radius 3 is 2.68 bits per heavy atom. The normalized spacial score (nSPS) is 38.8. The summed E-state index contributed by atoms with van der Waals surface area (Å²) in [6, 6.07) is -0.322. The fourth-order valence-electron chi connectivity index (χ4n) is 6.62. The molecule has 4 nitrogen and oxygen atoms in total. The molecule has 0 aromatic carbocycles. The van der Waals surface area contributed by atoms with Gasteiger partial charge in [0.2, 0.25) is 13.9 Å². The van der Waals surface area contributed by atoms with Gasteiger partial charge in [0.15, 0.2) is 0 Å². The number of amides is 1. The predicted octanol–water partition coefficient (Wildman–Crippen LogP) is 5.19. The Hall–Kier alpha value is -0.860. The number of carbonyl (C=O) groups excluding carboxylic acids is 1. The van der Waals surface area contributed by atoms with Gasteiger partial charge >= 0.3 is 0 Å². The topological polar surface area (TPSA) is 66.4 Å². The fraction of sp³-hybridized carbons (Fsp3) is 0.783. The van der Waals surface area contributed by atoms with Crippen LogP contribution in [0.1, 0.15) is 79.1 Å². The van der Waals surface area contributed by atoms with Crippen molar-refractivity contribution in [1.82, 2.24) is 5.32 Å². The number of hydrogen-bond donors (Lipinski definition) is 2. The highest BCUT2D eigenvalue weighted by Crippen LogP contribution is 2.61. The lowest BCUT2D eigenvalue weighted by molar-refractivity contribution is -0.129. The molecular weight excluding hydrogens is 369 g/mol. The van der Waals surface area contributed by atoms with Crippen molar-refractivity contribution in [3.05, 3.63) is 22.5 Å². The lowest BCUT2D eigenvalue weighted by Crippen LogP contribution is -2.46. The van der Waals surface area contributed by atoms with Crippen molar-refractivity contribution in [1.29, 1.82) is 0 Å². The first-order valence-electron chi connectivity index (χ1n) is 11.1. The SMILES string of the molecule is CC(C)(C)C(=O)NC1CC2=C(C=C1[PH](=O)O)CCC1C2CC[C@]2(C)CCCC12. The van der Waals surface area contributed by atoms with Gasteiger partial charge in [-0.15, -0.1) is 0 Å². The number of carbonyl (C=O) groups is 1. The lowest BCUT2D eigenvalue weighted by atomic mass is 9.55. The van der Waals surface area contributed by atoms with Crippen LogP contribution in [0.2, 0.25) is 0 Å². The van der Waals surface area contributed by atoms with Crippen molar-refractivity contribution in [3.8, 4) is 0 Å². The third-order valence-corrected chi connectivity index (χ3v) is 9.17. The predicted molar refractivity (Wildman–Crippen MR) is 113 cm³/mol. The molecule has 28 heavy (non-hydrogen) atoms. The molecule has 2 N–H and O–H groups in total. The Labute approximate surface area is 170 Å². The van der Waals surface area contributed by atoms with E-state index in [9.17, 15) is 14.3 Å². The summed E-state index contributed by atoms with van der Waals surface area (Å²) in [5, 5.41) is 3.64. The zero-order chi connectivity index (χ0) is 20.3. The van der Waals surface area contributed by atoms with Crippen molar-refractivity contribution in [3.63, 3.8) is 0 Å². The van der Waals surface area contributed by atoms with Gasteiger partial charge in [0.25, 0.3) is 0 Å². The average molecular weight is 406 g/mol. The van der Waals surface area contributed by atoms with E-state index >= 15 is 0 Å². The molecule has 0 aromatic rings. The van der Waals surface area contributed by atoms with Crippen LogP contribution in [0.4, 0.5) is 0 Å². The Morgan fingerprint density at radius 2 is 2.00 bits per heavy atom. The van der Waals surface area contributed by atoms with Crippen molar-refractivity contribution < 1.29 is 14.3 Å². The van der Waals surface area contributed by atoms with E-state index in [1.165, 1.54) is 49.7 Å². The molecule has 0 aliphatic heterocycles. The van der Waals surface area contributed by atoms with E-state index in [2.05, 4.69) is 12.2 Å². The molecule has 0 saturated heterocycles. The number of rotatable bonds is 2. The van der Waals surface area contributed by atoms with E-state index in [1.807, 2.05) is 26.8 Å². The van der Waals surface area contributed by atoms with Crippen LogP contribution in [0.5, 0.6) is 0 Å². The molecule has 0 radical (unpaired) electrons. The molecule has 4 aliphatic carbocycles. The minimum atomic E-state index is -2.81. The molecular formula is C23H36NO3P. The summed E-state index contributed by atoms with van der Waals surface area (Å²) in [7, 11) is -2.81. The number of allylic oxidation sites excluding steroid dienone is 2. The van der Waals surface area contributed by atoms with Crippen LogP contribution in [-0.2, 0) is 9.36 Å². The van der Waals surface area contributed by atoms with Crippen LogP contribution in [0.15, 0.2) is 22.5 Å². The summed E-state index contributed by atoms with van der Waals surface area (Å²) in [4.78, 5) is 22.6. The van der Waals surface area contributed by atoms with Crippen molar-refractivity contribution >= 4 is 13.9 Å². The quantitative estimate of drug-likeness (QED) is 0.621. The van der Waals surface area contributed by atoms with Crippen LogP contribution in [0.25, 0.3) is 0 Å². The van der Waals surface area contributed by atoms with Crippen molar-refractivity contribution in [2.75, 3.05) is 0 Å². The minimum Gasteiger partial charge on any atom is -0.348 e. The van der Waals surface area contributed by atoms with Crippen LogP contribution >= 0.6 is 8.03 Å². The van der Waals surface area contributed by atoms with Crippen molar-refractivity contribution in [2.45, 2.75) is 85.1 Å². The number of fused-ring (bicyclic) bond motifs is 4. The molecule has 2 fully saturated rings. The molecule has 0 aromatic heterocycles. The van der Waals surface area contributed by atoms with Gasteiger partial charge < -0.3 is 10.2 Å². The first-order valence-corrected chi connectivity index (χ1v) is 12.4. The third-order valence-electron chi connectivity index (χ3n) is 8.19. The maximum absolute atomic E-state index is 12.6. The molecule has 0 spiro atoms. The van der Waals surface area contributed by atoms with E-state index < -0.39 is 13.4 Å². The summed E-state index contributed by atoms with van der Waals surface area (Å²) in [5.41, 5.74) is 2.81. The molecule has 5 heteroatoms. The van der Waals surface area contributed by atoms with E-state index in [4.69, 9.17) is 0 Å². The zero-order valence-electron chi connectivity index (χ0n) is 17.8. The molecule has 0 bridgehead atoms. The van der Waals surface area contributed by atoms with E-state index in [-0.39, 0.29) is 11.9 Å². The summed E-state index contributed by atoms with van der Waals surface area (Å²) >= 11 is 0. The van der Waals surface area contributed by atoms with Gasteiger partial charge in [-0.2, -0.15) is 0 Å². The second-order valence-corrected chi connectivity index (χ2v) is 12.1. The standard InChI is InChI=1S/C23H36NO3P/c1-22(2,3)21(25)24-19-13-17-14(12-20(19)28(26)27)7-8-16-15(17)9-11-23(4)10-5-6-18(16)23/h12,15-16,18-19,28H,5-11,13H2,1-4H3,(H,24,25)(H,26,27)/t15?,16?,18?,19?,23-/m0/s1. The van der Waals surface area contributed by atoms with Gasteiger partial charge in [0.05, 0.1) is 6.04 Å². The Balaban J connectivity index is 1.62. The zero-order valence-corrected chi connectivity index (χ0v) is 18.8. The second-order valence-electron chi connectivity index (χ2n) is 10.9. The van der Waals surface area contributed by atoms with Crippen LogP contribution in [0, 0.1) is 28.6 Å². The van der Waals surface area contributed by atoms with Gasteiger partial charge in [-0.25, -0.2) is 0 Å². The maximum atomic E-state index is 12.6. The van der Waals surface area contributed by atoms with Crippen LogP contribution in [-0.4, -0.2) is 16.8 Å². The first-order chi connectivity index (χ1) is 13.1. The summed E-state index contributed by atoms with van der Waals surface area (Å²) in [5.74, 6) is 2.16. The summed E-state index contributed by atoms with van der Waals surface area (Å²) in [6.07, 6.45) is 11.6. The van der Waals surface area contributed by atoms with Gasteiger partial charge in [-0.1, -0.05) is 39.7 Å². The molecule has 1 amide bonds. The Kier molecular flexibility index (Phi) is 5.20. The Bertz CT molecular complexity index is 762. The van der Waals surface area contributed by atoms with Crippen LogP contribution < -0.4 is 5.32 Å². The highest BCUT2D eigenvalue weighted by atomic mass is 31.1. The average Bonchev–Trinajstić information content (AvgIpc) is 3.01. The Morgan fingerprint density at radius 1 is 1.25 bits per heavy atom. The molecule has 0 heterocycles. The van der Waals surface area contributed by atoms with E-state index in [0.717, 1.165) is 24.7 Å². The molecule has 4 aliphatic rings. The smallest absolute Gasteiger partial charge is 0.225 e. The van der Waals surface area contributed by atoms with Gasteiger partial charge in [0.1, 0.15) is 0 Å². The molecule has 5 unspecified atom stereocenters. The molecule has 156 valence electrons. The second kappa shape index (κ2) is 7.13. The molecule has 2 saturated carbocycles. The van der Waals surface area contributed by atoms with Gasteiger partial charge in [0, 0.05) is 10.7 Å². The maximum Gasteiger partial charge on any atom is 0.225 e. The highest BCUT2D eigenvalue weighted by molar-refractivity contribution is 7.43. The third kappa shape index (κ3) is 3.45. The molecule has 6 atom stereocenters. The summed E-state index contributed by atoms with van der Waals surface area (Å²) < 4.78 is 12.1. The van der Waals surface area contributed by atoms with Gasteiger partial charge in [-0.05, 0) is 79.8 Å². The summed E-state index contributed by atoms with van der Waals surface area (Å²) in [6.45, 7) is 8.17. The van der Waals surface area contributed by atoms with E-state index in [0.29, 0.717) is 16.6 Å². The molecule has 4 rings (SSSR count). The highest BCUT2D eigenvalue weighted by Gasteiger charge is 2.51.